The summed E-state index contributed by atoms with van der Waals surface area (Å²) in [6.07, 6.45) is -0.924. The number of alkyl halides is 4. The molecular weight excluding hydrogens is 313 g/mol. The maximum Gasteiger partial charge on any atom is 0.168 e. The Morgan fingerprint density at radius 2 is 1.57 bits per heavy atom. The summed E-state index contributed by atoms with van der Waals surface area (Å²) in [7, 11) is 0. The van der Waals surface area contributed by atoms with Gasteiger partial charge in [-0.1, -0.05) is 46.4 Å². The van der Waals surface area contributed by atoms with E-state index in [0.29, 0.717) is 0 Å². The van der Waals surface area contributed by atoms with E-state index in [0.717, 1.165) is 0 Å². The fraction of sp³-hybridized carbons (Fsp3) is 0.714. The molecule has 2 aliphatic carbocycles. The molecule has 0 aromatic rings. The molecular formula is C7H4Cl6O. The zero-order valence-electron chi connectivity index (χ0n) is 6.50. The Hall–Kier alpha value is 1.44. The van der Waals surface area contributed by atoms with E-state index >= 15 is 0 Å². The van der Waals surface area contributed by atoms with Crippen LogP contribution in [0.3, 0.4) is 0 Å². The van der Waals surface area contributed by atoms with Gasteiger partial charge in [-0.2, -0.15) is 0 Å². The van der Waals surface area contributed by atoms with Crippen LogP contribution in [0.2, 0.25) is 0 Å². The van der Waals surface area contributed by atoms with E-state index in [4.69, 9.17) is 69.6 Å². The Bertz CT molecular complexity index is 339. The number of allylic oxidation sites excluding steroid dienone is 1. The predicted octanol–water partition coefficient (Wildman–Crippen LogP) is 3.58. The fourth-order valence-corrected chi connectivity index (χ4v) is 4.52. The summed E-state index contributed by atoms with van der Waals surface area (Å²) in [6, 6.07) is 0. The van der Waals surface area contributed by atoms with Gasteiger partial charge in [0.15, 0.2) is 4.33 Å². The Morgan fingerprint density at radius 1 is 1.07 bits per heavy atom. The number of rotatable bonds is 0. The van der Waals surface area contributed by atoms with Gasteiger partial charge in [0.1, 0.15) is 9.75 Å². The molecule has 1 saturated carbocycles. The first-order chi connectivity index (χ1) is 6.19. The van der Waals surface area contributed by atoms with Crippen LogP contribution in [0.4, 0.5) is 0 Å². The third-order valence-electron chi connectivity index (χ3n) is 2.75. The number of hydrogen-bond acceptors (Lipinski definition) is 1. The highest BCUT2D eigenvalue weighted by molar-refractivity contribution is 6.65. The lowest BCUT2D eigenvalue weighted by atomic mass is 10.0. The second-order valence-electron chi connectivity index (χ2n) is 3.44. The van der Waals surface area contributed by atoms with Gasteiger partial charge in [-0.05, 0) is 0 Å². The molecule has 0 aromatic heterocycles. The zero-order chi connectivity index (χ0) is 10.9. The van der Waals surface area contributed by atoms with E-state index in [1.54, 1.807) is 0 Å². The topological polar surface area (TPSA) is 20.2 Å². The second-order valence-corrected chi connectivity index (χ2v) is 6.76. The first-order valence-corrected chi connectivity index (χ1v) is 5.96. The van der Waals surface area contributed by atoms with E-state index in [-0.39, 0.29) is 16.5 Å². The van der Waals surface area contributed by atoms with Crippen molar-refractivity contribution in [3.8, 4) is 0 Å². The van der Waals surface area contributed by atoms with Crippen molar-refractivity contribution >= 4 is 69.6 Å². The van der Waals surface area contributed by atoms with Crippen molar-refractivity contribution in [3.63, 3.8) is 0 Å². The largest absolute Gasteiger partial charge is 0.391 e. The maximum atomic E-state index is 9.71. The predicted molar refractivity (Wildman–Crippen MR) is 61.0 cm³/mol. The van der Waals surface area contributed by atoms with E-state index < -0.39 is 20.2 Å². The molecule has 0 heterocycles. The van der Waals surface area contributed by atoms with Gasteiger partial charge >= 0.3 is 0 Å². The molecule has 0 amide bonds. The molecule has 0 saturated heterocycles. The highest BCUT2D eigenvalue weighted by atomic mass is 35.5. The van der Waals surface area contributed by atoms with Crippen molar-refractivity contribution in [2.45, 2.75) is 26.6 Å². The molecule has 2 bridgehead atoms. The summed E-state index contributed by atoms with van der Waals surface area (Å²) in [5.41, 5.74) is 0. The molecule has 0 unspecified atom stereocenters. The Morgan fingerprint density at radius 3 is 1.86 bits per heavy atom. The average molecular weight is 317 g/mol. The number of aliphatic hydroxyl groups excluding tert-OH is 1. The van der Waals surface area contributed by atoms with Gasteiger partial charge < -0.3 is 5.11 Å². The molecule has 2 rings (SSSR count). The molecule has 1 nitrogen and oxygen atoms in total. The number of halogens is 6. The van der Waals surface area contributed by atoms with Gasteiger partial charge in [0.2, 0.25) is 0 Å². The second kappa shape index (κ2) is 3.01. The van der Waals surface area contributed by atoms with Crippen LogP contribution in [0.1, 0.15) is 6.42 Å². The standard InChI is InChI=1S/C7H4Cl6O/c8-3-4(9)6(11)2(14)1-5(3,10)7(6,12)13/h2,14H,1H2/t2-,5+,6-/m0/s1. The lowest BCUT2D eigenvalue weighted by molar-refractivity contribution is 0.157. The molecule has 0 aliphatic heterocycles. The number of hydrogen-bond donors (Lipinski definition) is 1. The average Bonchev–Trinajstić information content (AvgIpc) is 2.27. The summed E-state index contributed by atoms with van der Waals surface area (Å²) in [4.78, 5) is -2.80. The lowest BCUT2D eigenvalue weighted by Crippen LogP contribution is -2.45. The summed E-state index contributed by atoms with van der Waals surface area (Å²) in [5.74, 6) is 0. The Balaban J connectivity index is 2.70. The monoisotopic (exact) mass is 314 g/mol. The minimum absolute atomic E-state index is 0.0274. The van der Waals surface area contributed by atoms with E-state index in [2.05, 4.69) is 0 Å². The third kappa shape index (κ3) is 0.964. The first kappa shape index (κ1) is 11.9. The van der Waals surface area contributed by atoms with Gasteiger partial charge in [-0.3, -0.25) is 0 Å². The van der Waals surface area contributed by atoms with Gasteiger partial charge in [-0.15, -0.1) is 23.2 Å². The molecule has 2 aliphatic rings. The van der Waals surface area contributed by atoms with Crippen LogP contribution in [0, 0.1) is 0 Å². The lowest BCUT2D eigenvalue weighted by Gasteiger charge is -2.31. The van der Waals surface area contributed by atoms with Crippen LogP contribution in [-0.4, -0.2) is 25.3 Å². The molecule has 0 spiro atoms. The Labute approximate surface area is 111 Å². The van der Waals surface area contributed by atoms with E-state index in [1.165, 1.54) is 0 Å². The van der Waals surface area contributed by atoms with Crippen LogP contribution in [0.25, 0.3) is 0 Å². The molecule has 7 heteroatoms. The summed E-state index contributed by atoms with van der Waals surface area (Å²) in [5, 5.41) is 9.85. The molecule has 0 aromatic carbocycles. The highest BCUT2D eigenvalue weighted by Gasteiger charge is 2.78. The number of aliphatic hydroxyl groups is 1. The van der Waals surface area contributed by atoms with Crippen molar-refractivity contribution < 1.29 is 5.11 Å². The quantitative estimate of drug-likeness (QED) is 0.677. The fourth-order valence-electron chi connectivity index (χ4n) is 1.88. The molecule has 1 N–H and O–H groups in total. The van der Waals surface area contributed by atoms with Crippen molar-refractivity contribution in [1.82, 2.24) is 0 Å². The van der Waals surface area contributed by atoms with Crippen LogP contribution in [-0.2, 0) is 0 Å². The molecule has 0 radical (unpaired) electrons. The molecule has 3 atom stereocenters. The van der Waals surface area contributed by atoms with Crippen molar-refractivity contribution in [3.05, 3.63) is 10.1 Å². The number of fused-ring (bicyclic) bond motifs is 2. The van der Waals surface area contributed by atoms with Crippen molar-refractivity contribution in [1.29, 1.82) is 0 Å². The van der Waals surface area contributed by atoms with Gasteiger partial charge in [0.25, 0.3) is 0 Å². The SMILES string of the molecule is O[C@H]1C[C@@]2(Cl)C(Cl)=C(Cl)[C@]1(Cl)C2(Cl)Cl. The third-order valence-corrected chi connectivity index (χ3v) is 7.02. The first-order valence-electron chi connectivity index (χ1n) is 3.69. The van der Waals surface area contributed by atoms with Crippen LogP contribution >= 0.6 is 69.6 Å². The zero-order valence-corrected chi connectivity index (χ0v) is 11.0. The maximum absolute atomic E-state index is 9.71. The summed E-state index contributed by atoms with van der Waals surface area (Å²) < 4.78 is -1.60. The molecule has 14 heavy (non-hydrogen) atoms. The van der Waals surface area contributed by atoms with Gasteiger partial charge in [0, 0.05) is 6.42 Å². The van der Waals surface area contributed by atoms with E-state index in [9.17, 15) is 5.11 Å². The van der Waals surface area contributed by atoms with Crippen molar-refractivity contribution in [2.75, 3.05) is 0 Å². The van der Waals surface area contributed by atoms with E-state index in [1.807, 2.05) is 0 Å². The highest BCUT2D eigenvalue weighted by Crippen LogP contribution is 2.72. The molecule has 80 valence electrons. The Kier molecular flexibility index (Phi) is 2.56. The van der Waals surface area contributed by atoms with Crippen LogP contribution in [0.15, 0.2) is 10.1 Å². The van der Waals surface area contributed by atoms with Crippen molar-refractivity contribution in [2.24, 2.45) is 0 Å². The minimum Gasteiger partial charge on any atom is -0.391 e. The molecule has 1 fully saturated rings. The summed E-state index contributed by atoms with van der Waals surface area (Å²) in [6.45, 7) is 0. The van der Waals surface area contributed by atoms with Crippen LogP contribution in [0.5, 0.6) is 0 Å². The van der Waals surface area contributed by atoms with Crippen LogP contribution < -0.4 is 0 Å². The minimum atomic E-state index is -1.60. The summed E-state index contributed by atoms with van der Waals surface area (Å²) >= 11 is 36.1. The normalized spacial score (nSPS) is 50.4. The van der Waals surface area contributed by atoms with Gasteiger partial charge in [-0.25, -0.2) is 0 Å². The van der Waals surface area contributed by atoms with Gasteiger partial charge in [0.05, 0.1) is 16.2 Å². The smallest absolute Gasteiger partial charge is 0.168 e.